The van der Waals surface area contributed by atoms with Gasteiger partial charge in [0, 0.05) is 19.6 Å². The van der Waals surface area contributed by atoms with Gasteiger partial charge in [-0.1, -0.05) is 21.4 Å². The van der Waals surface area contributed by atoms with Crippen LogP contribution in [0.15, 0.2) is 12.7 Å². The molecule has 20 heavy (non-hydrogen) atoms. The van der Waals surface area contributed by atoms with Gasteiger partial charge in [0.05, 0.1) is 19.3 Å². The first-order valence-corrected chi connectivity index (χ1v) is 6.41. The van der Waals surface area contributed by atoms with Gasteiger partial charge in [0.25, 0.3) is 0 Å². The van der Waals surface area contributed by atoms with E-state index >= 15 is 0 Å². The zero-order chi connectivity index (χ0) is 13.8. The van der Waals surface area contributed by atoms with Crippen molar-refractivity contribution in [3.05, 3.63) is 12.7 Å². The number of aliphatic hydroxyl groups is 1. The number of hydrogen-bond donors (Lipinski definition) is 1. The van der Waals surface area contributed by atoms with Gasteiger partial charge in [0.15, 0.2) is 12.6 Å². The molecule has 0 spiro atoms. The van der Waals surface area contributed by atoms with E-state index in [1.165, 1.54) is 0 Å². The average Bonchev–Trinajstić information content (AvgIpc) is 2.33. The molecule has 0 aliphatic carbocycles. The van der Waals surface area contributed by atoms with Crippen LogP contribution in [0.1, 0.15) is 42.0 Å². The summed E-state index contributed by atoms with van der Waals surface area (Å²) in [6.07, 6.45) is 0.854. The zero-order valence-corrected chi connectivity index (χ0v) is 11.6. The van der Waals surface area contributed by atoms with Crippen molar-refractivity contribution in [1.82, 2.24) is 0 Å². The lowest BCUT2D eigenvalue weighted by molar-refractivity contribution is -0.230. The monoisotopic (exact) mass is 294 g/mol. The topological polar surface area (TPSA) is 57.2 Å². The molecule has 0 heterocycles. The van der Waals surface area contributed by atoms with Crippen molar-refractivity contribution >= 4 is 0 Å². The minimum Gasteiger partial charge on any atom is -0.391 e. The van der Waals surface area contributed by atoms with Crippen LogP contribution >= 0.6 is 0 Å². The minimum absolute atomic E-state index is 0. The van der Waals surface area contributed by atoms with Gasteiger partial charge in [-0.25, -0.2) is 0 Å². The van der Waals surface area contributed by atoms with Crippen LogP contribution in [0.5, 0.6) is 0 Å². The Morgan fingerprint density at radius 3 is 2.20 bits per heavy atom. The van der Waals surface area contributed by atoms with Crippen molar-refractivity contribution < 1.29 is 24.1 Å². The lowest BCUT2D eigenvalue weighted by Crippen LogP contribution is -2.27. The maximum absolute atomic E-state index is 9.05. The summed E-state index contributed by atoms with van der Waals surface area (Å²) in [6.45, 7) is 11.0. The fourth-order valence-electron chi connectivity index (χ4n) is 1.29. The molecule has 0 fully saturated rings. The summed E-state index contributed by atoms with van der Waals surface area (Å²) in [6, 6.07) is 0. The van der Waals surface area contributed by atoms with Gasteiger partial charge in [0.2, 0.25) is 0 Å². The Balaban J connectivity index is -0.00000144. The van der Waals surface area contributed by atoms with Crippen LogP contribution in [-0.2, 0) is 18.9 Å². The largest absolute Gasteiger partial charge is 0.391 e. The van der Waals surface area contributed by atoms with Crippen molar-refractivity contribution in [2.45, 2.75) is 60.7 Å². The Morgan fingerprint density at radius 1 is 1.15 bits per heavy atom. The standard InChI is InChI=1S/C13H26O5.2CH4/c1-5-12(16-6-2)18-13(17-7-3)8-9-15-10-11(4)14;;/h5,11-14H,1,6-10H2,2-4H3;2*1H4. The van der Waals surface area contributed by atoms with Crippen LogP contribution in [0.3, 0.4) is 0 Å². The lowest BCUT2D eigenvalue weighted by atomic mass is 10.4. The first kappa shape index (κ1) is 24.6. The maximum Gasteiger partial charge on any atom is 0.179 e. The van der Waals surface area contributed by atoms with Crippen molar-refractivity contribution in [1.29, 1.82) is 0 Å². The molecule has 0 saturated heterocycles. The molecule has 0 aromatic heterocycles. The van der Waals surface area contributed by atoms with E-state index in [2.05, 4.69) is 6.58 Å². The van der Waals surface area contributed by atoms with Crippen molar-refractivity contribution in [3.8, 4) is 0 Å². The third kappa shape index (κ3) is 14.0. The van der Waals surface area contributed by atoms with Crippen LogP contribution in [0.2, 0.25) is 0 Å². The molecular formula is C15H34O5. The summed E-state index contributed by atoms with van der Waals surface area (Å²) < 4.78 is 21.6. The van der Waals surface area contributed by atoms with E-state index in [0.717, 1.165) is 0 Å². The Morgan fingerprint density at radius 2 is 1.75 bits per heavy atom. The SMILES string of the molecule is C.C.C=CC(OCC)OC(CCOCC(C)O)OCC. The normalized spacial score (nSPS) is 14.6. The van der Waals surface area contributed by atoms with Crippen molar-refractivity contribution in [3.63, 3.8) is 0 Å². The van der Waals surface area contributed by atoms with Crippen LogP contribution < -0.4 is 0 Å². The van der Waals surface area contributed by atoms with Crippen LogP contribution in [0.25, 0.3) is 0 Å². The van der Waals surface area contributed by atoms with Gasteiger partial charge in [-0.3, -0.25) is 0 Å². The van der Waals surface area contributed by atoms with Crippen molar-refractivity contribution in [2.24, 2.45) is 0 Å². The third-order valence-electron chi connectivity index (χ3n) is 2.02. The smallest absolute Gasteiger partial charge is 0.179 e. The predicted octanol–water partition coefficient (Wildman–Crippen LogP) is 2.97. The molecule has 0 aliphatic rings. The van der Waals surface area contributed by atoms with Gasteiger partial charge in [0.1, 0.15) is 0 Å². The first-order chi connectivity index (χ1) is 8.63. The van der Waals surface area contributed by atoms with Crippen LogP contribution in [0.4, 0.5) is 0 Å². The number of aliphatic hydroxyl groups excluding tert-OH is 1. The Kier molecular flexibility index (Phi) is 20.4. The molecule has 0 aromatic rings. The second kappa shape index (κ2) is 16.6. The molecule has 0 rings (SSSR count). The van der Waals surface area contributed by atoms with Gasteiger partial charge in [-0.2, -0.15) is 0 Å². The summed E-state index contributed by atoms with van der Waals surface area (Å²) in [4.78, 5) is 0. The van der Waals surface area contributed by atoms with E-state index in [0.29, 0.717) is 32.8 Å². The summed E-state index contributed by atoms with van der Waals surface area (Å²) >= 11 is 0. The molecule has 5 nitrogen and oxygen atoms in total. The summed E-state index contributed by atoms with van der Waals surface area (Å²) in [7, 11) is 0. The van der Waals surface area contributed by atoms with E-state index in [9.17, 15) is 0 Å². The molecular weight excluding hydrogens is 260 g/mol. The fourth-order valence-corrected chi connectivity index (χ4v) is 1.29. The number of ether oxygens (including phenoxy) is 4. The van der Waals surface area contributed by atoms with Gasteiger partial charge in [-0.15, -0.1) is 0 Å². The molecule has 1 N–H and O–H groups in total. The van der Waals surface area contributed by atoms with Crippen molar-refractivity contribution in [2.75, 3.05) is 26.4 Å². The highest BCUT2D eigenvalue weighted by Crippen LogP contribution is 2.08. The number of rotatable bonds is 12. The predicted molar refractivity (Wildman–Crippen MR) is 82.7 cm³/mol. The summed E-state index contributed by atoms with van der Waals surface area (Å²) in [5.41, 5.74) is 0. The summed E-state index contributed by atoms with van der Waals surface area (Å²) in [5.74, 6) is 0. The first-order valence-electron chi connectivity index (χ1n) is 6.41. The molecule has 0 aliphatic heterocycles. The van der Waals surface area contributed by atoms with Crippen LogP contribution in [-0.4, -0.2) is 50.2 Å². The van der Waals surface area contributed by atoms with E-state index < -0.39 is 18.7 Å². The van der Waals surface area contributed by atoms with Gasteiger partial charge < -0.3 is 24.1 Å². The highest BCUT2D eigenvalue weighted by Gasteiger charge is 2.14. The van der Waals surface area contributed by atoms with E-state index in [1.807, 2.05) is 13.8 Å². The number of hydrogen-bond acceptors (Lipinski definition) is 5. The second-order valence-corrected chi connectivity index (χ2v) is 3.79. The van der Waals surface area contributed by atoms with E-state index in [1.54, 1.807) is 13.0 Å². The minimum atomic E-state index is -0.469. The molecule has 0 bridgehead atoms. The molecule has 0 radical (unpaired) electrons. The summed E-state index contributed by atoms with van der Waals surface area (Å²) in [5, 5.41) is 9.05. The molecule has 0 amide bonds. The Labute approximate surface area is 124 Å². The fraction of sp³-hybridized carbons (Fsp3) is 0.867. The van der Waals surface area contributed by atoms with E-state index in [4.69, 9.17) is 24.1 Å². The molecule has 0 aromatic carbocycles. The van der Waals surface area contributed by atoms with Gasteiger partial charge in [-0.05, 0) is 26.8 Å². The molecule has 124 valence electrons. The highest BCUT2D eigenvalue weighted by atomic mass is 16.8. The highest BCUT2D eigenvalue weighted by molar-refractivity contribution is 4.72. The zero-order valence-electron chi connectivity index (χ0n) is 11.6. The second-order valence-electron chi connectivity index (χ2n) is 3.79. The Hall–Kier alpha value is -0.460. The molecule has 0 saturated carbocycles. The molecule has 5 heteroatoms. The van der Waals surface area contributed by atoms with Crippen LogP contribution in [0, 0.1) is 0 Å². The van der Waals surface area contributed by atoms with Gasteiger partial charge >= 0.3 is 0 Å². The third-order valence-corrected chi connectivity index (χ3v) is 2.02. The average molecular weight is 294 g/mol. The Bertz CT molecular complexity index is 197. The quantitative estimate of drug-likeness (QED) is 0.341. The maximum atomic E-state index is 9.05. The molecule has 3 atom stereocenters. The van der Waals surface area contributed by atoms with E-state index in [-0.39, 0.29) is 14.9 Å². The lowest BCUT2D eigenvalue weighted by Gasteiger charge is -2.22. The molecule has 3 unspecified atom stereocenters.